The lowest BCUT2D eigenvalue weighted by molar-refractivity contribution is -0.140. The van der Waals surface area contributed by atoms with Crippen LogP contribution in [0.5, 0.6) is 0 Å². The molecular weight excluding hydrogens is 586 g/mol. The number of nitrogens with zero attached hydrogens (tertiary/aromatic N) is 8. The average Bonchev–Trinajstić information content (AvgIpc) is 3.70. The molecule has 40 heavy (non-hydrogen) atoms. The lowest BCUT2D eigenvalue weighted by Gasteiger charge is -2.18. The molecule has 0 saturated heterocycles. The molecule has 1 aromatic carbocycles. The molecule has 1 unspecified atom stereocenters. The van der Waals surface area contributed by atoms with Crippen LogP contribution in [0.4, 0.5) is 26.3 Å². The van der Waals surface area contributed by atoms with Crippen molar-refractivity contribution in [3.8, 4) is 27.3 Å². The van der Waals surface area contributed by atoms with Gasteiger partial charge in [-0.1, -0.05) is 17.7 Å². The smallest absolute Gasteiger partial charge is 0.323 e. The van der Waals surface area contributed by atoms with Crippen molar-refractivity contribution in [2.45, 2.75) is 25.3 Å². The molecule has 0 fully saturated rings. The Morgan fingerprint density at radius 3 is 2.55 bits per heavy atom. The first-order valence-electron chi connectivity index (χ1n) is 11.3. The van der Waals surface area contributed by atoms with Gasteiger partial charge in [0.05, 0.1) is 45.6 Å². The predicted octanol–water partition coefficient (Wildman–Crippen LogP) is 6.07. The molecular formula is C23H15ClF6N8OS. The average molecular weight is 601 g/mol. The Balaban J connectivity index is 1.50. The van der Waals surface area contributed by atoms with Gasteiger partial charge in [-0.2, -0.15) is 31.7 Å². The minimum absolute atomic E-state index is 0.0476. The maximum absolute atomic E-state index is 15.1. The molecule has 0 aliphatic rings. The van der Waals surface area contributed by atoms with Gasteiger partial charge < -0.3 is 4.74 Å². The summed E-state index contributed by atoms with van der Waals surface area (Å²) in [6, 6.07) is 5.10. The summed E-state index contributed by atoms with van der Waals surface area (Å²) in [4.78, 5) is 7.65. The van der Waals surface area contributed by atoms with Gasteiger partial charge in [0, 0.05) is 29.1 Å². The van der Waals surface area contributed by atoms with Crippen LogP contribution < -0.4 is 0 Å². The Morgan fingerprint density at radius 1 is 1.05 bits per heavy atom. The quantitative estimate of drug-likeness (QED) is 0.189. The fourth-order valence-corrected chi connectivity index (χ4v) is 4.93. The van der Waals surface area contributed by atoms with Crippen molar-refractivity contribution < 1.29 is 31.1 Å². The Labute approximate surface area is 230 Å². The van der Waals surface area contributed by atoms with Gasteiger partial charge in [0.2, 0.25) is 0 Å². The first-order valence-corrected chi connectivity index (χ1v) is 12.5. The van der Waals surface area contributed by atoms with E-state index in [0.29, 0.717) is 11.3 Å². The molecule has 4 aromatic heterocycles. The number of rotatable bonds is 9. The van der Waals surface area contributed by atoms with Crippen molar-refractivity contribution in [1.82, 2.24) is 40.0 Å². The topological polar surface area (TPSA) is 96.4 Å². The second-order valence-electron chi connectivity index (χ2n) is 8.15. The van der Waals surface area contributed by atoms with E-state index in [4.69, 9.17) is 11.6 Å². The summed E-state index contributed by atoms with van der Waals surface area (Å²) in [7, 11) is 0. The summed E-state index contributed by atoms with van der Waals surface area (Å²) in [5, 5.41) is 14.9. The highest BCUT2D eigenvalue weighted by molar-refractivity contribution is 7.13. The highest BCUT2D eigenvalue weighted by atomic mass is 35.5. The highest BCUT2D eigenvalue weighted by Crippen LogP contribution is 2.39. The van der Waals surface area contributed by atoms with Gasteiger partial charge in [-0.15, -0.1) is 16.4 Å². The molecule has 0 radical (unpaired) electrons. The normalized spacial score (nSPS) is 12.8. The molecule has 208 valence electrons. The number of alkyl halides is 5. The number of ether oxygens (including phenoxy) is 1. The van der Waals surface area contributed by atoms with E-state index >= 15 is 4.39 Å². The third-order valence-electron chi connectivity index (χ3n) is 5.74. The fraction of sp³-hybridized carbons (Fsp3) is 0.217. The first kappa shape index (κ1) is 27.7. The second kappa shape index (κ2) is 11.3. The molecule has 0 bridgehead atoms. The van der Waals surface area contributed by atoms with Crippen molar-refractivity contribution >= 4 is 22.9 Å². The van der Waals surface area contributed by atoms with Gasteiger partial charge in [0.1, 0.15) is 6.33 Å². The number of thiazole rings is 1. The van der Waals surface area contributed by atoms with Crippen LogP contribution in [0.2, 0.25) is 5.02 Å². The van der Waals surface area contributed by atoms with E-state index in [2.05, 4.69) is 35.3 Å². The number of aromatic nitrogens is 8. The molecule has 17 heteroatoms. The molecule has 5 rings (SSSR count). The second-order valence-corrected chi connectivity index (χ2v) is 9.42. The molecule has 1 atom stereocenters. The van der Waals surface area contributed by atoms with Gasteiger partial charge in [0.25, 0.3) is 0 Å². The SMILES string of the molecule is Fc1c(Cl)ccc(-n2cnnn2)c1-c1ccc(C(CCOC(F)F)n2cc(-c3scnc3C(F)(F)F)cn2)nc1. The van der Waals surface area contributed by atoms with Gasteiger partial charge in [-0.25, -0.2) is 9.37 Å². The van der Waals surface area contributed by atoms with Crippen LogP contribution in [0.25, 0.3) is 27.3 Å². The van der Waals surface area contributed by atoms with Gasteiger partial charge in [0.15, 0.2) is 11.5 Å². The third-order valence-corrected chi connectivity index (χ3v) is 6.91. The predicted molar refractivity (Wildman–Crippen MR) is 130 cm³/mol. The largest absolute Gasteiger partial charge is 0.434 e. The zero-order chi connectivity index (χ0) is 28.4. The highest BCUT2D eigenvalue weighted by Gasteiger charge is 2.37. The van der Waals surface area contributed by atoms with Crippen LogP contribution in [0.15, 0.2) is 54.7 Å². The summed E-state index contributed by atoms with van der Waals surface area (Å²) < 4.78 is 87.5. The van der Waals surface area contributed by atoms with E-state index in [1.54, 1.807) is 0 Å². The molecule has 0 spiro atoms. The standard InChI is InChI=1S/C23H15ClF6N8OS/c24-14-2-4-17(38-10-33-35-36-38)18(19(14)25)12-1-3-15(31-7-12)16(5-6-39-22(26)27)37-9-13(8-34-37)20-21(23(28,29)30)32-11-40-20/h1-4,7-11,16,22H,5-6H2. The van der Waals surface area contributed by atoms with Gasteiger partial charge in [-0.3, -0.25) is 9.67 Å². The van der Waals surface area contributed by atoms with Crippen LogP contribution in [0.3, 0.4) is 0 Å². The van der Waals surface area contributed by atoms with Crippen LogP contribution in [-0.4, -0.2) is 53.2 Å². The molecule has 4 heterocycles. The Kier molecular flexibility index (Phi) is 7.82. The minimum Gasteiger partial charge on any atom is -0.323 e. The van der Waals surface area contributed by atoms with Crippen molar-refractivity contribution in [3.05, 3.63) is 76.9 Å². The summed E-state index contributed by atoms with van der Waals surface area (Å²) in [5.74, 6) is -0.743. The van der Waals surface area contributed by atoms with Crippen molar-refractivity contribution in [1.29, 1.82) is 0 Å². The van der Waals surface area contributed by atoms with Crippen molar-refractivity contribution in [2.75, 3.05) is 6.61 Å². The van der Waals surface area contributed by atoms with Gasteiger partial charge >= 0.3 is 12.8 Å². The number of hydrogen-bond donors (Lipinski definition) is 0. The summed E-state index contributed by atoms with van der Waals surface area (Å²) >= 11 is 6.80. The minimum atomic E-state index is -4.67. The van der Waals surface area contributed by atoms with Crippen LogP contribution in [0.1, 0.15) is 23.9 Å². The lowest BCUT2D eigenvalue weighted by Crippen LogP contribution is -2.16. The number of tetrazole rings is 1. The monoisotopic (exact) mass is 600 g/mol. The van der Waals surface area contributed by atoms with E-state index in [9.17, 15) is 22.0 Å². The van der Waals surface area contributed by atoms with Crippen molar-refractivity contribution in [2.24, 2.45) is 0 Å². The van der Waals surface area contributed by atoms with E-state index in [-0.39, 0.29) is 33.1 Å². The summed E-state index contributed by atoms with van der Waals surface area (Å²) in [6.45, 7) is -3.42. The Morgan fingerprint density at radius 2 is 1.88 bits per heavy atom. The zero-order valence-corrected chi connectivity index (χ0v) is 21.4. The van der Waals surface area contributed by atoms with E-state index < -0.39 is 36.9 Å². The molecule has 0 N–H and O–H groups in total. The maximum Gasteiger partial charge on any atom is 0.434 e. The zero-order valence-electron chi connectivity index (χ0n) is 19.8. The Hall–Kier alpha value is -3.89. The van der Waals surface area contributed by atoms with Crippen LogP contribution in [0, 0.1) is 5.82 Å². The third kappa shape index (κ3) is 5.68. The lowest BCUT2D eigenvalue weighted by atomic mass is 10.0. The first-order chi connectivity index (χ1) is 19.1. The van der Waals surface area contributed by atoms with Crippen LogP contribution in [-0.2, 0) is 10.9 Å². The van der Waals surface area contributed by atoms with Gasteiger partial charge in [-0.05, 0) is 35.0 Å². The molecule has 9 nitrogen and oxygen atoms in total. The number of benzene rings is 1. The summed E-state index contributed by atoms with van der Waals surface area (Å²) in [5.41, 5.74) is 1.10. The van der Waals surface area contributed by atoms with E-state index in [0.717, 1.165) is 16.8 Å². The van der Waals surface area contributed by atoms with Crippen molar-refractivity contribution in [3.63, 3.8) is 0 Å². The molecule has 0 amide bonds. The number of pyridine rings is 1. The fourth-order valence-electron chi connectivity index (χ4n) is 3.99. The molecule has 0 aliphatic heterocycles. The van der Waals surface area contributed by atoms with E-state index in [1.165, 1.54) is 58.5 Å². The van der Waals surface area contributed by atoms with E-state index in [1.807, 2.05) is 0 Å². The molecule has 0 saturated carbocycles. The number of halogens is 7. The Bertz CT molecular complexity index is 1590. The summed E-state index contributed by atoms with van der Waals surface area (Å²) in [6.07, 6.45) is 0.462. The van der Waals surface area contributed by atoms with Crippen LogP contribution >= 0.6 is 22.9 Å². The molecule has 0 aliphatic carbocycles. The maximum atomic E-state index is 15.1. The molecule has 5 aromatic rings. The number of hydrogen-bond acceptors (Lipinski definition) is 8.